The molecular weight excluding hydrogens is 482 g/mol. The van der Waals surface area contributed by atoms with Gasteiger partial charge in [-0.3, -0.25) is 0 Å². The van der Waals surface area contributed by atoms with E-state index in [0.29, 0.717) is 43.6 Å². The van der Waals surface area contributed by atoms with E-state index in [-0.39, 0.29) is 0 Å². The first-order valence-electron chi connectivity index (χ1n) is 12.7. The highest BCUT2D eigenvalue weighted by Crippen LogP contribution is 2.26. The Morgan fingerprint density at radius 3 is 2.18 bits per heavy atom. The molecule has 0 spiro atoms. The SMILES string of the molecule is CCOC(=O)C(C)(C)Oc1ccc(OCCc2nc(-c3ccc(OCc4ccccc4)cc3)oc2C)cc1. The van der Waals surface area contributed by atoms with E-state index in [1.54, 1.807) is 45.0 Å². The average molecular weight is 516 g/mol. The lowest BCUT2D eigenvalue weighted by molar-refractivity contribution is -0.158. The number of rotatable bonds is 12. The van der Waals surface area contributed by atoms with Crippen LogP contribution in [0.1, 0.15) is 37.8 Å². The number of aromatic nitrogens is 1. The van der Waals surface area contributed by atoms with Crippen molar-refractivity contribution >= 4 is 5.97 Å². The molecule has 3 aromatic carbocycles. The van der Waals surface area contributed by atoms with Crippen LogP contribution in [0.5, 0.6) is 17.2 Å². The smallest absolute Gasteiger partial charge is 0.349 e. The molecule has 0 bridgehead atoms. The Labute approximate surface area is 223 Å². The van der Waals surface area contributed by atoms with Crippen LogP contribution in [-0.4, -0.2) is 29.8 Å². The third-order valence-electron chi connectivity index (χ3n) is 5.81. The van der Waals surface area contributed by atoms with Crippen molar-refractivity contribution in [1.29, 1.82) is 0 Å². The topological polar surface area (TPSA) is 80.0 Å². The Bertz CT molecular complexity index is 1310. The molecule has 38 heavy (non-hydrogen) atoms. The minimum Gasteiger partial charge on any atom is -0.493 e. The summed E-state index contributed by atoms with van der Waals surface area (Å²) >= 11 is 0. The quantitative estimate of drug-likeness (QED) is 0.197. The first kappa shape index (κ1) is 26.8. The van der Waals surface area contributed by atoms with Crippen molar-refractivity contribution in [3.63, 3.8) is 0 Å². The monoisotopic (exact) mass is 515 g/mol. The fourth-order valence-electron chi connectivity index (χ4n) is 3.73. The van der Waals surface area contributed by atoms with Gasteiger partial charge in [0.2, 0.25) is 5.89 Å². The van der Waals surface area contributed by atoms with Gasteiger partial charge >= 0.3 is 5.97 Å². The number of carbonyl (C=O) groups is 1. The van der Waals surface area contributed by atoms with Gasteiger partial charge in [0, 0.05) is 12.0 Å². The molecule has 0 aliphatic heterocycles. The summed E-state index contributed by atoms with van der Waals surface area (Å²) in [7, 11) is 0. The summed E-state index contributed by atoms with van der Waals surface area (Å²) in [6.07, 6.45) is 0.599. The molecule has 0 atom stereocenters. The number of hydrogen-bond acceptors (Lipinski definition) is 7. The molecule has 1 heterocycles. The average Bonchev–Trinajstić information content (AvgIpc) is 3.29. The zero-order valence-electron chi connectivity index (χ0n) is 22.2. The molecular formula is C31H33NO6. The van der Waals surface area contributed by atoms with E-state index in [2.05, 4.69) is 4.98 Å². The van der Waals surface area contributed by atoms with Crippen LogP contribution in [0.25, 0.3) is 11.5 Å². The molecule has 4 rings (SSSR count). The molecule has 0 aliphatic rings. The van der Waals surface area contributed by atoms with Crippen molar-refractivity contribution in [2.45, 2.75) is 46.3 Å². The fraction of sp³-hybridized carbons (Fsp3) is 0.290. The number of carbonyl (C=O) groups excluding carboxylic acids is 1. The lowest BCUT2D eigenvalue weighted by Crippen LogP contribution is -2.39. The maximum atomic E-state index is 12.0. The van der Waals surface area contributed by atoms with Crippen molar-refractivity contribution in [2.24, 2.45) is 0 Å². The first-order valence-corrected chi connectivity index (χ1v) is 12.7. The maximum Gasteiger partial charge on any atom is 0.349 e. The number of oxazole rings is 1. The Balaban J connectivity index is 1.28. The predicted molar refractivity (Wildman–Crippen MR) is 144 cm³/mol. The fourth-order valence-corrected chi connectivity index (χ4v) is 3.73. The molecule has 0 amide bonds. The molecule has 7 nitrogen and oxygen atoms in total. The van der Waals surface area contributed by atoms with Gasteiger partial charge in [0.05, 0.1) is 18.9 Å². The molecule has 0 radical (unpaired) electrons. The second kappa shape index (κ2) is 12.3. The van der Waals surface area contributed by atoms with Crippen LogP contribution in [0.2, 0.25) is 0 Å². The largest absolute Gasteiger partial charge is 0.493 e. The van der Waals surface area contributed by atoms with Gasteiger partial charge < -0.3 is 23.4 Å². The third kappa shape index (κ3) is 7.16. The van der Waals surface area contributed by atoms with Crippen LogP contribution in [0.4, 0.5) is 0 Å². The van der Waals surface area contributed by atoms with E-state index in [0.717, 1.165) is 28.3 Å². The normalized spacial score (nSPS) is 11.2. The molecule has 4 aromatic rings. The lowest BCUT2D eigenvalue weighted by Gasteiger charge is -2.24. The van der Waals surface area contributed by atoms with Crippen LogP contribution in [0.15, 0.2) is 83.3 Å². The van der Waals surface area contributed by atoms with Crippen LogP contribution in [-0.2, 0) is 22.6 Å². The minimum atomic E-state index is -1.07. The van der Waals surface area contributed by atoms with Crippen LogP contribution in [0, 0.1) is 6.92 Å². The van der Waals surface area contributed by atoms with E-state index < -0.39 is 11.6 Å². The van der Waals surface area contributed by atoms with Crippen molar-refractivity contribution in [2.75, 3.05) is 13.2 Å². The number of esters is 1. The Morgan fingerprint density at radius 1 is 0.868 bits per heavy atom. The van der Waals surface area contributed by atoms with Gasteiger partial charge in [0.25, 0.3) is 0 Å². The predicted octanol–water partition coefficient (Wildman–Crippen LogP) is 6.57. The highest BCUT2D eigenvalue weighted by Gasteiger charge is 2.31. The first-order chi connectivity index (χ1) is 18.3. The molecule has 0 aliphatic carbocycles. The van der Waals surface area contributed by atoms with Crippen molar-refractivity contribution in [1.82, 2.24) is 4.98 Å². The van der Waals surface area contributed by atoms with Gasteiger partial charge in [-0.15, -0.1) is 0 Å². The van der Waals surface area contributed by atoms with E-state index in [4.69, 9.17) is 23.4 Å². The summed E-state index contributed by atoms with van der Waals surface area (Å²) in [5.41, 5.74) is 1.78. The number of hydrogen-bond donors (Lipinski definition) is 0. The zero-order valence-corrected chi connectivity index (χ0v) is 22.2. The number of benzene rings is 3. The van der Waals surface area contributed by atoms with E-state index in [9.17, 15) is 4.79 Å². The molecule has 0 saturated carbocycles. The number of nitrogens with zero attached hydrogens (tertiary/aromatic N) is 1. The summed E-state index contributed by atoms with van der Waals surface area (Å²) in [6, 6.07) is 24.9. The van der Waals surface area contributed by atoms with Gasteiger partial charge in [-0.05, 0) is 81.8 Å². The van der Waals surface area contributed by atoms with Crippen LogP contribution in [0.3, 0.4) is 0 Å². The molecule has 7 heteroatoms. The van der Waals surface area contributed by atoms with Gasteiger partial charge in [-0.25, -0.2) is 9.78 Å². The summed E-state index contributed by atoms with van der Waals surface area (Å²) < 4.78 is 28.5. The Kier molecular flexibility index (Phi) is 8.69. The van der Waals surface area contributed by atoms with Crippen molar-refractivity contribution in [3.8, 4) is 28.7 Å². The zero-order chi connectivity index (χ0) is 27.0. The third-order valence-corrected chi connectivity index (χ3v) is 5.81. The van der Waals surface area contributed by atoms with Gasteiger partial charge in [0.15, 0.2) is 5.60 Å². The second-order valence-corrected chi connectivity index (χ2v) is 9.22. The van der Waals surface area contributed by atoms with E-state index in [1.165, 1.54) is 0 Å². The van der Waals surface area contributed by atoms with Crippen molar-refractivity contribution < 1.29 is 28.2 Å². The minimum absolute atomic E-state index is 0.307. The lowest BCUT2D eigenvalue weighted by atomic mass is 10.1. The molecule has 0 fully saturated rings. The second-order valence-electron chi connectivity index (χ2n) is 9.22. The number of aryl methyl sites for hydroxylation is 1. The molecule has 0 saturated heterocycles. The van der Waals surface area contributed by atoms with Gasteiger partial charge in [-0.1, -0.05) is 30.3 Å². The van der Waals surface area contributed by atoms with E-state index in [1.807, 2.05) is 61.5 Å². The van der Waals surface area contributed by atoms with Crippen molar-refractivity contribution in [3.05, 3.63) is 95.9 Å². The molecule has 198 valence electrons. The summed E-state index contributed by atoms with van der Waals surface area (Å²) in [5.74, 6) is 2.96. The highest BCUT2D eigenvalue weighted by atomic mass is 16.6. The summed E-state index contributed by atoms with van der Waals surface area (Å²) in [5, 5.41) is 0. The summed E-state index contributed by atoms with van der Waals surface area (Å²) in [4.78, 5) is 16.7. The Hall–Kier alpha value is -4.26. The molecule has 0 unspecified atom stereocenters. The van der Waals surface area contributed by atoms with Gasteiger partial charge in [0.1, 0.15) is 29.6 Å². The van der Waals surface area contributed by atoms with Gasteiger partial charge in [-0.2, -0.15) is 0 Å². The standard InChI is InChI=1S/C31H33NO6/c1-5-34-30(33)31(3,4)38-27-17-15-25(16-18-27)35-20-19-28-22(2)37-29(32-28)24-11-13-26(14-12-24)36-21-23-9-7-6-8-10-23/h6-18H,5,19-21H2,1-4H3. The van der Waals surface area contributed by atoms with Crippen LogP contribution < -0.4 is 14.2 Å². The van der Waals surface area contributed by atoms with Crippen LogP contribution >= 0.6 is 0 Å². The maximum absolute atomic E-state index is 12.0. The number of ether oxygens (including phenoxy) is 4. The molecule has 1 aromatic heterocycles. The van der Waals surface area contributed by atoms with E-state index >= 15 is 0 Å². The summed E-state index contributed by atoms with van der Waals surface area (Å²) in [6.45, 7) is 8.29. The highest BCUT2D eigenvalue weighted by molar-refractivity contribution is 5.79. The Morgan fingerprint density at radius 2 is 1.50 bits per heavy atom. The molecule has 0 N–H and O–H groups in total.